The van der Waals surface area contributed by atoms with Gasteiger partial charge in [0.15, 0.2) is 0 Å². The van der Waals surface area contributed by atoms with E-state index in [1.54, 1.807) is 12.3 Å². The van der Waals surface area contributed by atoms with Crippen molar-refractivity contribution in [1.82, 2.24) is 10.3 Å². The minimum atomic E-state index is -0.142. The van der Waals surface area contributed by atoms with Crippen LogP contribution >= 0.6 is 0 Å². The summed E-state index contributed by atoms with van der Waals surface area (Å²) in [7, 11) is 0. The number of nitrogens with one attached hydrogen (secondary N) is 1. The number of benzene rings is 2. The molecule has 2 aromatic carbocycles. The molecule has 1 amide bonds. The molecule has 0 unspecified atom stereocenters. The molecule has 3 aromatic rings. The van der Waals surface area contributed by atoms with Gasteiger partial charge in [-0.2, -0.15) is 0 Å². The van der Waals surface area contributed by atoms with Gasteiger partial charge in [-0.3, -0.25) is 9.78 Å². The van der Waals surface area contributed by atoms with E-state index < -0.39 is 0 Å². The fourth-order valence-electron chi connectivity index (χ4n) is 3.37. The SMILES string of the molecule is CCOc1cccc([C@H](C)NC(=O)c2ccc3c(c2)OCc2cnccc2-3)c1. The summed E-state index contributed by atoms with van der Waals surface area (Å²) in [5.41, 5.74) is 4.70. The Morgan fingerprint density at radius 1 is 1.21 bits per heavy atom. The molecule has 1 aliphatic heterocycles. The third kappa shape index (κ3) is 3.56. The average Bonchev–Trinajstić information content (AvgIpc) is 2.73. The summed E-state index contributed by atoms with van der Waals surface area (Å²) in [6, 6.07) is 15.2. The number of hydrogen-bond acceptors (Lipinski definition) is 4. The number of aromatic nitrogens is 1. The highest BCUT2D eigenvalue weighted by molar-refractivity contribution is 5.96. The molecule has 1 N–H and O–H groups in total. The van der Waals surface area contributed by atoms with Gasteiger partial charge in [-0.05, 0) is 61.4 Å². The molecule has 0 radical (unpaired) electrons. The Hall–Kier alpha value is -3.34. The predicted octanol–water partition coefficient (Wildman–Crippen LogP) is 4.53. The number of amides is 1. The highest BCUT2D eigenvalue weighted by Crippen LogP contribution is 2.37. The number of fused-ring (bicyclic) bond motifs is 3. The first-order valence-electron chi connectivity index (χ1n) is 9.39. The fourth-order valence-corrected chi connectivity index (χ4v) is 3.37. The third-order valence-electron chi connectivity index (χ3n) is 4.84. The van der Waals surface area contributed by atoms with Crippen molar-refractivity contribution in [2.24, 2.45) is 0 Å². The van der Waals surface area contributed by atoms with Crippen molar-refractivity contribution < 1.29 is 14.3 Å². The fraction of sp³-hybridized carbons (Fsp3) is 0.217. The van der Waals surface area contributed by atoms with Crippen molar-refractivity contribution in [2.45, 2.75) is 26.5 Å². The van der Waals surface area contributed by atoms with Crippen molar-refractivity contribution in [3.63, 3.8) is 0 Å². The molecule has 0 aliphatic carbocycles. The van der Waals surface area contributed by atoms with E-state index in [-0.39, 0.29) is 11.9 Å². The van der Waals surface area contributed by atoms with Crippen LogP contribution in [-0.4, -0.2) is 17.5 Å². The van der Waals surface area contributed by atoms with Crippen LogP contribution < -0.4 is 14.8 Å². The monoisotopic (exact) mass is 374 g/mol. The minimum absolute atomic E-state index is 0.138. The lowest BCUT2D eigenvalue weighted by Crippen LogP contribution is -2.26. The van der Waals surface area contributed by atoms with Gasteiger partial charge >= 0.3 is 0 Å². The topological polar surface area (TPSA) is 60.5 Å². The van der Waals surface area contributed by atoms with Crippen molar-refractivity contribution in [2.75, 3.05) is 6.61 Å². The molecular formula is C23H22N2O3. The Kier molecular flexibility index (Phi) is 4.98. The van der Waals surface area contributed by atoms with Crippen molar-refractivity contribution in [3.8, 4) is 22.6 Å². The molecule has 142 valence electrons. The summed E-state index contributed by atoms with van der Waals surface area (Å²) in [5, 5.41) is 3.05. The number of rotatable bonds is 5. The molecule has 4 rings (SSSR count). The molecule has 0 saturated carbocycles. The second-order valence-corrected chi connectivity index (χ2v) is 6.73. The highest BCUT2D eigenvalue weighted by atomic mass is 16.5. The van der Waals surface area contributed by atoms with Crippen LogP contribution in [0.4, 0.5) is 0 Å². The first kappa shape index (κ1) is 18.0. The van der Waals surface area contributed by atoms with Crippen molar-refractivity contribution in [1.29, 1.82) is 0 Å². The Balaban J connectivity index is 1.52. The number of carbonyl (C=O) groups is 1. The van der Waals surface area contributed by atoms with Gasteiger partial charge in [0.2, 0.25) is 0 Å². The summed E-state index contributed by atoms with van der Waals surface area (Å²) in [6.45, 7) is 4.98. The molecule has 0 fully saturated rings. The van der Waals surface area contributed by atoms with E-state index in [2.05, 4.69) is 10.3 Å². The molecule has 0 saturated heterocycles. The molecule has 2 heterocycles. The summed E-state index contributed by atoms with van der Waals surface area (Å²) < 4.78 is 11.4. The maximum Gasteiger partial charge on any atom is 0.251 e. The smallest absolute Gasteiger partial charge is 0.251 e. The number of nitrogens with zero attached hydrogens (tertiary/aromatic N) is 1. The predicted molar refractivity (Wildman–Crippen MR) is 107 cm³/mol. The summed E-state index contributed by atoms with van der Waals surface area (Å²) in [6.07, 6.45) is 3.59. The summed E-state index contributed by atoms with van der Waals surface area (Å²) in [4.78, 5) is 16.9. The molecule has 1 aromatic heterocycles. The van der Waals surface area contributed by atoms with E-state index in [0.717, 1.165) is 33.8 Å². The van der Waals surface area contributed by atoms with Crippen LogP contribution in [0.3, 0.4) is 0 Å². The lowest BCUT2D eigenvalue weighted by atomic mass is 9.97. The quantitative estimate of drug-likeness (QED) is 0.713. The third-order valence-corrected chi connectivity index (χ3v) is 4.84. The Bertz CT molecular complexity index is 1020. The molecule has 28 heavy (non-hydrogen) atoms. The van der Waals surface area contributed by atoms with E-state index in [4.69, 9.17) is 9.47 Å². The Labute approximate surface area is 164 Å². The Morgan fingerprint density at radius 3 is 2.96 bits per heavy atom. The normalized spacial score (nSPS) is 12.9. The molecular weight excluding hydrogens is 352 g/mol. The van der Waals surface area contributed by atoms with Crippen LogP contribution in [0.1, 0.15) is 41.4 Å². The van der Waals surface area contributed by atoms with Crippen LogP contribution in [0.5, 0.6) is 11.5 Å². The number of pyridine rings is 1. The molecule has 5 nitrogen and oxygen atoms in total. The molecule has 0 bridgehead atoms. The molecule has 1 aliphatic rings. The van der Waals surface area contributed by atoms with E-state index >= 15 is 0 Å². The first-order valence-corrected chi connectivity index (χ1v) is 9.39. The highest BCUT2D eigenvalue weighted by Gasteiger charge is 2.20. The van der Waals surface area contributed by atoms with Crippen molar-refractivity contribution in [3.05, 3.63) is 77.6 Å². The zero-order valence-corrected chi connectivity index (χ0v) is 15.9. The Morgan fingerprint density at radius 2 is 2.11 bits per heavy atom. The van der Waals surface area contributed by atoms with E-state index in [1.807, 2.05) is 62.5 Å². The number of carbonyl (C=O) groups excluding carboxylic acids is 1. The van der Waals surface area contributed by atoms with Gasteiger partial charge in [0.05, 0.1) is 12.6 Å². The summed E-state index contributed by atoms with van der Waals surface area (Å²) >= 11 is 0. The zero-order chi connectivity index (χ0) is 19.5. The lowest BCUT2D eigenvalue weighted by Gasteiger charge is -2.21. The van der Waals surface area contributed by atoms with Crippen molar-refractivity contribution >= 4 is 5.91 Å². The molecule has 5 heteroatoms. The largest absolute Gasteiger partial charge is 0.494 e. The second-order valence-electron chi connectivity index (χ2n) is 6.73. The van der Waals surface area contributed by atoms with Crippen LogP contribution in [0.2, 0.25) is 0 Å². The maximum absolute atomic E-state index is 12.8. The van der Waals surface area contributed by atoms with Crippen LogP contribution in [-0.2, 0) is 6.61 Å². The summed E-state index contributed by atoms with van der Waals surface area (Å²) in [5.74, 6) is 1.38. The van der Waals surface area contributed by atoms with Crippen LogP contribution in [0.15, 0.2) is 60.9 Å². The van der Waals surface area contributed by atoms with Gasteiger partial charge in [0.1, 0.15) is 18.1 Å². The second kappa shape index (κ2) is 7.72. The maximum atomic E-state index is 12.8. The standard InChI is InChI=1S/C23H22N2O3/c1-3-27-19-6-4-5-16(11-19)15(2)25-23(26)17-7-8-21-20-9-10-24-13-18(20)14-28-22(21)12-17/h4-13,15H,3,14H2,1-2H3,(H,25,26)/t15-/m0/s1. The van der Waals surface area contributed by atoms with E-state index in [9.17, 15) is 4.79 Å². The van der Waals surface area contributed by atoms with E-state index in [1.165, 1.54) is 0 Å². The van der Waals surface area contributed by atoms with Crippen LogP contribution in [0, 0.1) is 0 Å². The van der Waals surface area contributed by atoms with Crippen LogP contribution in [0.25, 0.3) is 11.1 Å². The number of hydrogen-bond donors (Lipinski definition) is 1. The van der Waals surface area contributed by atoms with Gasteiger partial charge in [-0.15, -0.1) is 0 Å². The van der Waals surface area contributed by atoms with Gasteiger partial charge < -0.3 is 14.8 Å². The average molecular weight is 374 g/mol. The van der Waals surface area contributed by atoms with Gasteiger partial charge in [0, 0.05) is 29.1 Å². The molecule has 0 spiro atoms. The minimum Gasteiger partial charge on any atom is -0.494 e. The lowest BCUT2D eigenvalue weighted by molar-refractivity contribution is 0.0939. The molecule has 1 atom stereocenters. The van der Waals surface area contributed by atoms with Gasteiger partial charge in [-0.25, -0.2) is 0 Å². The van der Waals surface area contributed by atoms with Gasteiger partial charge in [-0.1, -0.05) is 12.1 Å². The zero-order valence-electron chi connectivity index (χ0n) is 15.9. The number of ether oxygens (including phenoxy) is 2. The van der Waals surface area contributed by atoms with E-state index in [0.29, 0.717) is 18.8 Å². The van der Waals surface area contributed by atoms with Gasteiger partial charge in [0.25, 0.3) is 5.91 Å². The first-order chi connectivity index (χ1) is 13.7.